The lowest BCUT2D eigenvalue weighted by Crippen LogP contribution is -2.39. The molecule has 1 atom stereocenters. The van der Waals surface area contributed by atoms with Crippen molar-refractivity contribution in [3.8, 4) is 0 Å². The van der Waals surface area contributed by atoms with Crippen molar-refractivity contribution in [2.75, 3.05) is 0 Å². The average Bonchev–Trinajstić information content (AvgIpc) is 3.02. The summed E-state index contributed by atoms with van der Waals surface area (Å²) < 4.78 is 0. The Morgan fingerprint density at radius 1 is 1.14 bits per heavy atom. The lowest BCUT2D eigenvalue weighted by Gasteiger charge is -2.29. The first-order chi connectivity index (χ1) is 10.3. The maximum atomic E-state index is 6.81. The molecule has 3 N–H and O–H groups in total. The molecule has 0 saturated carbocycles. The number of aromatic nitrogens is 4. The van der Waals surface area contributed by atoms with Crippen LogP contribution in [0.1, 0.15) is 37.4 Å². The summed E-state index contributed by atoms with van der Waals surface area (Å²) in [5, 5.41) is 0. The van der Waals surface area contributed by atoms with Crippen LogP contribution in [-0.2, 0) is 5.54 Å². The summed E-state index contributed by atoms with van der Waals surface area (Å²) in [6.07, 6.45) is 6.12. The molecular formula is C16H19N5. The molecule has 0 fully saturated rings. The van der Waals surface area contributed by atoms with E-state index in [1.807, 2.05) is 18.2 Å². The summed E-state index contributed by atoms with van der Waals surface area (Å²) in [5.74, 6) is 0. The molecule has 0 aliphatic heterocycles. The van der Waals surface area contributed by atoms with E-state index in [4.69, 9.17) is 5.73 Å². The van der Waals surface area contributed by atoms with Crippen LogP contribution < -0.4 is 5.73 Å². The second-order valence-electron chi connectivity index (χ2n) is 5.26. The largest absolute Gasteiger partial charge is 0.342 e. The molecule has 3 rings (SSSR count). The van der Waals surface area contributed by atoms with Crippen molar-refractivity contribution in [1.82, 2.24) is 19.9 Å². The molecule has 2 aromatic heterocycles. The molecule has 0 amide bonds. The maximum Gasteiger partial charge on any atom is 0.180 e. The lowest BCUT2D eigenvalue weighted by molar-refractivity contribution is 0.459. The number of nitrogens with one attached hydrogen (secondary N) is 1. The van der Waals surface area contributed by atoms with Gasteiger partial charge in [0, 0.05) is 0 Å². The second kappa shape index (κ2) is 5.61. The predicted octanol–water partition coefficient (Wildman–Crippen LogP) is 2.75. The quantitative estimate of drug-likeness (QED) is 0.753. The minimum atomic E-state index is -0.634. The fourth-order valence-electron chi connectivity index (χ4n) is 2.69. The van der Waals surface area contributed by atoms with E-state index < -0.39 is 5.54 Å². The number of hydrogen-bond donors (Lipinski definition) is 2. The van der Waals surface area contributed by atoms with Crippen LogP contribution in [0.4, 0.5) is 0 Å². The predicted molar refractivity (Wildman–Crippen MR) is 82.6 cm³/mol. The van der Waals surface area contributed by atoms with E-state index in [0.717, 1.165) is 36.0 Å². The second-order valence-corrected chi connectivity index (χ2v) is 5.26. The van der Waals surface area contributed by atoms with Gasteiger partial charge in [-0.05, 0) is 12.0 Å². The number of rotatable bonds is 5. The van der Waals surface area contributed by atoms with Crippen molar-refractivity contribution in [2.45, 2.75) is 31.7 Å². The topological polar surface area (TPSA) is 80.5 Å². The lowest BCUT2D eigenvalue weighted by atomic mass is 9.82. The zero-order valence-electron chi connectivity index (χ0n) is 12.1. The number of unbranched alkanes of at least 4 members (excludes halogenated alkanes) is 1. The highest BCUT2D eigenvalue weighted by molar-refractivity contribution is 5.74. The van der Waals surface area contributed by atoms with Crippen molar-refractivity contribution in [1.29, 1.82) is 0 Å². The Balaban J connectivity index is 2.17. The van der Waals surface area contributed by atoms with Crippen molar-refractivity contribution in [3.05, 3.63) is 54.2 Å². The smallest absolute Gasteiger partial charge is 0.180 e. The summed E-state index contributed by atoms with van der Waals surface area (Å²) in [6, 6.07) is 10.1. The molecule has 5 nitrogen and oxygen atoms in total. The Labute approximate surface area is 123 Å². The average molecular weight is 281 g/mol. The minimum Gasteiger partial charge on any atom is -0.342 e. The molecule has 5 heteroatoms. The van der Waals surface area contributed by atoms with Gasteiger partial charge in [-0.25, -0.2) is 15.0 Å². The van der Waals surface area contributed by atoms with Crippen molar-refractivity contribution >= 4 is 11.2 Å². The highest BCUT2D eigenvalue weighted by atomic mass is 15.0. The summed E-state index contributed by atoms with van der Waals surface area (Å²) in [5.41, 5.74) is 9.53. The molecule has 1 aromatic carbocycles. The first kappa shape index (κ1) is 13.7. The van der Waals surface area contributed by atoms with Crippen LogP contribution in [-0.4, -0.2) is 19.9 Å². The number of benzene rings is 1. The molecule has 0 bridgehead atoms. The van der Waals surface area contributed by atoms with Gasteiger partial charge >= 0.3 is 0 Å². The van der Waals surface area contributed by atoms with E-state index in [0.29, 0.717) is 5.65 Å². The Bertz CT molecular complexity index is 722. The molecule has 3 aromatic rings. The fourth-order valence-corrected chi connectivity index (χ4v) is 2.69. The highest BCUT2D eigenvalue weighted by Gasteiger charge is 2.33. The van der Waals surface area contributed by atoms with E-state index in [1.165, 1.54) is 6.33 Å². The Hall–Kier alpha value is -2.27. The molecule has 0 saturated heterocycles. The standard InChI is InChI=1S/C16H19N5/c1-2-3-9-16(17,12-7-5-4-6-8-12)14-13-15(20-10-18-13)21-11-19-14/h4-8,10-11H,2-3,9,17H2,1H3,(H,18,19,20,21)/t16-/m1/s1. The van der Waals surface area contributed by atoms with Crippen LogP contribution in [0.5, 0.6) is 0 Å². The minimum absolute atomic E-state index is 0.634. The summed E-state index contributed by atoms with van der Waals surface area (Å²) in [4.78, 5) is 16.0. The van der Waals surface area contributed by atoms with Gasteiger partial charge in [0.25, 0.3) is 0 Å². The monoisotopic (exact) mass is 281 g/mol. The van der Waals surface area contributed by atoms with Gasteiger partial charge in [-0.3, -0.25) is 0 Å². The fraction of sp³-hybridized carbons (Fsp3) is 0.312. The van der Waals surface area contributed by atoms with Crippen LogP contribution in [0, 0.1) is 0 Å². The number of imidazole rings is 1. The van der Waals surface area contributed by atoms with Gasteiger partial charge in [0.2, 0.25) is 0 Å². The molecule has 2 heterocycles. The van der Waals surface area contributed by atoms with Crippen LogP contribution in [0.2, 0.25) is 0 Å². The Kier molecular flexibility index (Phi) is 3.66. The van der Waals surface area contributed by atoms with Gasteiger partial charge < -0.3 is 10.7 Å². The van der Waals surface area contributed by atoms with Crippen LogP contribution >= 0.6 is 0 Å². The summed E-state index contributed by atoms with van der Waals surface area (Å²) in [7, 11) is 0. The first-order valence-corrected chi connectivity index (χ1v) is 7.24. The van der Waals surface area contributed by atoms with Gasteiger partial charge in [-0.1, -0.05) is 50.1 Å². The molecule has 0 aliphatic rings. The van der Waals surface area contributed by atoms with E-state index in [9.17, 15) is 0 Å². The zero-order chi connectivity index (χ0) is 14.7. The number of aromatic amines is 1. The van der Waals surface area contributed by atoms with E-state index in [-0.39, 0.29) is 0 Å². The highest BCUT2D eigenvalue weighted by Crippen LogP contribution is 2.33. The molecule has 0 spiro atoms. The molecule has 0 unspecified atom stereocenters. The van der Waals surface area contributed by atoms with E-state index in [1.54, 1.807) is 6.33 Å². The molecule has 21 heavy (non-hydrogen) atoms. The van der Waals surface area contributed by atoms with Crippen molar-refractivity contribution in [3.63, 3.8) is 0 Å². The number of nitrogens with two attached hydrogens (primary N) is 1. The van der Waals surface area contributed by atoms with Gasteiger partial charge in [-0.2, -0.15) is 0 Å². The van der Waals surface area contributed by atoms with Gasteiger partial charge in [-0.15, -0.1) is 0 Å². The van der Waals surface area contributed by atoms with Crippen LogP contribution in [0.25, 0.3) is 11.2 Å². The number of nitrogens with zero attached hydrogens (tertiary/aromatic N) is 3. The van der Waals surface area contributed by atoms with Gasteiger partial charge in [0.05, 0.1) is 17.6 Å². The van der Waals surface area contributed by atoms with Crippen LogP contribution in [0.15, 0.2) is 43.0 Å². The van der Waals surface area contributed by atoms with E-state index >= 15 is 0 Å². The molecule has 0 radical (unpaired) electrons. The third kappa shape index (κ3) is 2.40. The number of H-pyrrole nitrogens is 1. The molecule has 108 valence electrons. The van der Waals surface area contributed by atoms with Crippen molar-refractivity contribution < 1.29 is 0 Å². The number of hydrogen-bond acceptors (Lipinski definition) is 4. The normalized spacial score (nSPS) is 14.2. The SMILES string of the molecule is CCCC[C@@](N)(c1ccccc1)c1ncnc2nc[nH]c12. The molecular weight excluding hydrogens is 262 g/mol. The van der Waals surface area contributed by atoms with Crippen molar-refractivity contribution in [2.24, 2.45) is 5.73 Å². The molecule has 0 aliphatic carbocycles. The third-order valence-electron chi connectivity index (χ3n) is 3.86. The maximum absolute atomic E-state index is 6.81. The summed E-state index contributed by atoms with van der Waals surface area (Å²) >= 11 is 0. The van der Waals surface area contributed by atoms with E-state index in [2.05, 4.69) is 39.0 Å². The van der Waals surface area contributed by atoms with Gasteiger partial charge in [0.15, 0.2) is 5.65 Å². The number of fused-ring (bicyclic) bond motifs is 1. The van der Waals surface area contributed by atoms with Gasteiger partial charge in [0.1, 0.15) is 11.8 Å². The Morgan fingerprint density at radius 3 is 2.71 bits per heavy atom. The summed E-state index contributed by atoms with van der Waals surface area (Å²) in [6.45, 7) is 2.16. The first-order valence-electron chi connectivity index (χ1n) is 7.24. The van der Waals surface area contributed by atoms with Crippen LogP contribution in [0.3, 0.4) is 0 Å². The third-order valence-corrected chi connectivity index (χ3v) is 3.86. The Morgan fingerprint density at radius 2 is 1.95 bits per heavy atom. The zero-order valence-corrected chi connectivity index (χ0v) is 12.1.